The molecule has 0 aromatic heterocycles. The highest BCUT2D eigenvalue weighted by molar-refractivity contribution is 7.89. The van der Waals surface area contributed by atoms with Crippen LogP contribution in [-0.4, -0.2) is 102 Å². The van der Waals surface area contributed by atoms with E-state index in [1.807, 2.05) is 0 Å². The molecule has 3 saturated heterocycles. The van der Waals surface area contributed by atoms with Crippen LogP contribution >= 0.6 is 0 Å². The predicted molar refractivity (Wildman–Crippen MR) is 146 cm³/mol. The monoisotopic (exact) mass is 593 g/mol. The summed E-state index contributed by atoms with van der Waals surface area (Å²) < 4.78 is 48.8. The van der Waals surface area contributed by atoms with Gasteiger partial charge in [-0.15, -0.1) is 0 Å². The minimum Gasteiger partial charge on any atom is -0.444 e. The maximum absolute atomic E-state index is 15.2. The number of hydrogen-bond donors (Lipinski definition) is 1. The molecule has 1 aromatic rings. The van der Waals surface area contributed by atoms with E-state index in [0.29, 0.717) is 31.5 Å². The number of carbonyl (C=O) groups excluding carboxylic acids is 4. The van der Waals surface area contributed by atoms with Crippen molar-refractivity contribution >= 4 is 39.5 Å². The summed E-state index contributed by atoms with van der Waals surface area (Å²) in [4.78, 5) is 53.8. The van der Waals surface area contributed by atoms with Crippen LogP contribution in [0.1, 0.15) is 62.4 Å². The van der Waals surface area contributed by atoms with Crippen molar-refractivity contribution in [1.29, 1.82) is 0 Å². The van der Waals surface area contributed by atoms with Gasteiger partial charge < -0.3 is 19.4 Å². The number of piperidine rings is 2. The van der Waals surface area contributed by atoms with Crippen molar-refractivity contribution < 1.29 is 36.7 Å². The largest absolute Gasteiger partial charge is 0.444 e. The lowest BCUT2D eigenvalue weighted by atomic mass is 10.0. The minimum atomic E-state index is -3.61. The first-order chi connectivity index (χ1) is 19.2. The Bertz CT molecular complexity index is 1360. The fourth-order valence-corrected chi connectivity index (χ4v) is 7.78. The van der Waals surface area contributed by atoms with Crippen LogP contribution in [0.2, 0.25) is 0 Å². The van der Waals surface area contributed by atoms with E-state index in [1.54, 1.807) is 31.7 Å². The number of rotatable bonds is 4. The molecule has 5 rings (SSSR count). The second-order valence-electron chi connectivity index (χ2n) is 12.0. The maximum atomic E-state index is 15.2. The van der Waals surface area contributed by atoms with E-state index in [4.69, 9.17) is 4.74 Å². The number of carbonyl (C=O) groups is 4. The molecule has 0 aliphatic carbocycles. The Labute approximate surface area is 238 Å². The fourth-order valence-electron chi connectivity index (χ4n) is 5.88. The van der Waals surface area contributed by atoms with Gasteiger partial charge in [0.1, 0.15) is 17.5 Å². The number of nitrogens with one attached hydrogen (secondary N) is 1. The van der Waals surface area contributed by atoms with E-state index >= 15 is 4.39 Å². The van der Waals surface area contributed by atoms with Crippen LogP contribution < -0.4 is 10.2 Å². The summed E-state index contributed by atoms with van der Waals surface area (Å²) in [7, 11) is -3.61. The number of imide groups is 1. The Kier molecular flexibility index (Phi) is 7.74. The van der Waals surface area contributed by atoms with Gasteiger partial charge in [-0.2, -0.15) is 4.31 Å². The Balaban J connectivity index is 1.19. The molecule has 0 spiro atoms. The predicted octanol–water partition coefficient (Wildman–Crippen LogP) is 1.44. The van der Waals surface area contributed by atoms with Gasteiger partial charge in [0.2, 0.25) is 21.8 Å². The zero-order valence-electron chi connectivity index (χ0n) is 23.5. The van der Waals surface area contributed by atoms with Crippen molar-refractivity contribution in [2.24, 2.45) is 0 Å². The maximum Gasteiger partial charge on any atom is 0.410 e. The normalized spacial score (nSPS) is 23.1. The summed E-state index contributed by atoms with van der Waals surface area (Å²) in [5.41, 5.74) is 0.433. The number of likely N-dealkylation sites (tertiary alicyclic amines) is 1. The molecule has 4 aliphatic rings. The number of halogens is 1. The van der Waals surface area contributed by atoms with Crippen LogP contribution in [0.25, 0.3) is 0 Å². The molecule has 12 nitrogen and oxygen atoms in total. The van der Waals surface area contributed by atoms with Gasteiger partial charge in [0.25, 0.3) is 5.91 Å². The molecule has 4 amide bonds. The average Bonchev–Trinajstić information content (AvgIpc) is 3.22. The van der Waals surface area contributed by atoms with Crippen LogP contribution in [0.4, 0.5) is 14.9 Å². The number of anilines is 1. The lowest BCUT2D eigenvalue weighted by Gasteiger charge is -2.39. The van der Waals surface area contributed by atoms with Gasteiger partial charge in [-0.3, -0.25) is 19.7 Å². The molecule has 1 aromatic carbocycles. The molecule has 0 bridgehead atoms. The van der Waals surface area contributed by atoms with Crippen molar-refractivity contribution in [2.75, 3.05) is 44.2 Å². The molecule has 1 N–H and O–H groups in total. The molecule has 224 valence electrons. The van der Waals surface area contributed by atoms with Gasteiger partial charge in [0.05, 0.1) is 10.9 Å². The van der Waals surface area contributed by atoms with Gasteiger partial charge in [0, 0.05) is 57.8 Å². The first-order valence-corrected chi connectivity index (χ1v) is 15.4. The van der Waals surface area contributed by atoms with Gasteiger partial charge >= 0.3 is 6.09 Å². The summed E-state index contributed by atoms with van der Waals surface area (Å²) in [5, 5.41) is 1.65. The van der Waals surface area contributed by atoms with Gasteiger partial charge in [0.15, 0.2) is 0 Å². The average molecular weight is 594 g/mol. The van der Waals surface area contributed by atoms with E-state index in [2.05, 4.69) is 5.32 Å². The molecular weight excluding hydrogens is 557 g/mol. The third-order valence-electron chi connectivity index (χ3n) is 8.05. The van der Waals surface area contributed by atoms with Crippen LogP contribution in [0.5, 0.6) is 0 Å². The quantitative estimate of drug-likeness (QED) is 0.518. The third kappa shape index (κ3) is 5.89. The zero-order valence-corrected chi connectivity index (χ0v) is 24.3. The smallest absolute Gasteiger partial charge is 0.410 e. The van der Waals surface area contributed by atoms with E-state index in [0.717, 1.165) is 0 Å². The van der Waals surface area contributed by atoms with Crippen molar-refractivity contribution in [3.8, 4) is 0 Å². The Morgan fingerprint density at radius 1 is 1.00 bits per heavy atom. The van der Waals surface area contributed by atoms with Crippen molar-refractivity contribution in [1.82, 2.24) is 19.4 Å². The second kappa shape index (κ2) is 10.9. The molecule has 14 heteroatoms. The minimum absolute atomic E-state index is 0.129. The molecule has 41 heavy (non-hydrogen) atoms. The zero-order chi connectivity index (χ0) is 29.7. The number of hydrogen-bond acceptors (Lipinski definition) is 8. The molecule has 0 radical (unpaired) electrons. The van der Waals surface area contributed by atoms with Crippen molar-refractivity contribution in [3.63, 3.8) is 0 Å². The number of sulfonamides is 1. The molecule has 0 saturated carbocycles. The van der Waals surface area contributed by atoms with Crippen LogP contribution in [0, 0.1) is 5.82 Å². The molecule has 4 heterocycles. The standard InChI is InChI=1S/C27H36FN5O7S/c1-27(2,3)40-26(37)31-8-6-18(7-9-31)41(38,39)32-12-10-30(11-13-32)22-14-17-16-33(25(36)19(17)15-20(22)28)21-4-5-23(34)29-24(21)35/h14-15,18,21H,4-13,16H2,1-3H3,(H,29,34,35). The summed E-state index contributed by atoms with van der Waals surface area (Å²) in [6.45, 7) is 7.00. The van der Waals surface area contributed by atoms with Crippen LogP contribution in [-0.2, 0) is 30.9 Å². The van der Waals surface area contributed by atoms with E-state index in [-0.39, 0.29) is 62.7 Å². The fraction of sp³-hybridized carbons (Fsp3) is 0.630. The van der Waals surface area contributed by atoms with E-state index in [1.165, 1.54) is 20.2 Å². The van der Waals surface area contributed by atoms with Crippen molar-refractivity contribution in [2.45, 2.75) is 69.9 Å². The van der Waals surface area contributed by atoms with Gasteiger partial charge in [-0.05, 0) is 57.7 Å². The van der Waals surface area contributed by atoms with E-state index < -0.39 is 50.6 Å². The Morgan fingerprint density at radius 2 is 1.66 bits per heavy atom. The highest BCUT2D eigenvalue weighted by Gasteiger charge is 2.41. The highest BCUT2D eigenvalue weighted by Crippen LogP contribution is 2.33. The molecule has 1 atom stereocenters. The van der Waals surface area contributed by atoms with Crippen LogP contribution in [0.15, 0.2) is 12.1 Å². The first-order valence-electron chi connectivity index (χ1n) is 13.9. The van der Waals surface area contributed by atoms with E-state index in [9.17, 15) is 27.6 Å². The molecule has 4 aliphatic heterocycles. The number of fused-ring (bicyclic) bond motifs is 1. The Morgan fingerprint density at radius 3 is 2.27 bits per heavy atom. The summed E-state index contributed by atoms with van der Waals surface area (Å²) in [6.07, 6.45) is 0.542. The van der Waals surface area contributed by atoms with Gasteiger partial charge in [-0.25, -0.2) is 17.6 Å². The summed E-state index contributed by atoms with van der Waals surface area (Å²) in [5.74, 6) is -1.95. The third-order valence-corrected chi connectivity index (χ3v) is 10.4. The number of piperazine rings is 1. The SMILES string of the molecule is CC(C)(C)OC(=O)N1CCC(S(=O)(=O)N2CCN(c3cc4c(cc3F)C(=O)N(C3CCC(=O)NC3=O)C4)CC2)CC1. The molecule has 1 unspecified atom stereocenters. The van der Waals surface area contributed by atoms with Gasteiger partial charge in [-0.1, -0.05) is 0 Å². The summed E-state index contributed by atoms with van der Waals surface area (Å²) >= 11 is 0. The second-order valence-corrected chi connectivity index (χ2v) is 14.2. The van der Waals surface area contributed by atoms with Crippen LogP contribution in [0.3, 0.4) is 0 Å². The number of nitrogens with zero attached hydrogens (tertiary/aromatic N) is 4. The van der Waals surface area contributed by atoms with Crippen molar-refractivity contribution in [3.05, 3.63) is 29.1 Å². The first kappa shape index (κ1) is 29.2. The number of ether oxygens (including phenoxy) is 1. The molecular formula is C27H36FN5O7S. The topological polar surface area (TPSA) is 137 Å². The Hall–Kier alpha value is -3.26. The molecule has 3 fully saturated rings. The highest BCUT2D eigenvalue weighted by atomic mass is 32.2. The lowest BCUT2D eigenvalue weighted by molar-refractivity contribution is -0.136. The number of benzene rings is 1. The number of amides is 4. The summed E-state index contributed by atoms with van der Waals surface area (Å²) in [6, 6.07) is 2.00. The lowest BCUT2D eigenvalue weighted by Crippen LogP contribution is -2.53.